The van der Waals surface area contributed by atoms with Crippen LogP contribution >= 0.6 is 23.4 Å². The quantitative estimate of drug-likeness (QED) is 0.787. The lowest BCUT2D eigenvalue weighted by Crippen LogP contribution is -2.51. The van der Waals surface area contributed by atoms with Crippen molar-refractivity contribution >= 4 is 29.2 Å². The zero-order chi connectivity index (χ0) is 19.9. The number of hydrogen-bond acceptors (Lipinski definition) is 6. The zero-order valence-electron chi connectivity index (χ0n) is 15.5. The lowest BCUT2D eigenvalue weighted by Gasteiger charge is -2.41. The molecule has 2 aromatic rings. The molecular formula is C19H22ClFN4O2S. The van der Waals surface area contributed by atoms with E-state index < -0.39 is 5.82 Å². The fourth-order valence-corrected chi connectivity index (χ4v) is 5.04. The molecule has 2 fully saturated rings. The van der Waals surface area contributed by atoms with Crippen LogP contribution in [0.25, 0.3) is 0 Å². The van der Waals surface area contributed by atoms with Gasteiger partial charge < -0.3 is 20.4 Å². The Morgan fingerprint density at radius 1 is 1.43 bits per heavy atom. The van der Waals surface area contributed by atoms with Gasteiger partial charge in [-0.25, -0.2) is 9.37 Å². The third-order valence-electron chi connectivity index (χ3n) is 5.79. The third-order valence-corrected chi connectivity index (χ3v) is 7.27. The second-order valence-electron chi connectivity index (χ2n) is 7.45. The van der Waals surface area contributed by atoms with E-state index in [-0.39, 0.29) is 28.1 Å². The molecule has 1 spiro atoms. The number of piperidine rings is 1. The Kier molecular flexibility index (Phi) is 5.39. The summed E-state index contributed by atoms with van der Waals surface area (Å²) in [7, 11) is 0. The highest BCUT2D eigenvalue weighted by molar-refractivity contribution is 7.99. The minimum Gasteiger partial charge on any atom is -0.376 e. The molecule has 0 amide bonds. The van der Waals surface area contributed by atoms with Crippen molar-refractivity contribution in [3.8, 4) is 0 Å². The predicted molar refractivity (Wildman–Crippen MR) is 108 cm³/mol. The van der Waals surface area contributed by atoms with E-state index in [0.717, 1.165) is 12.8 Å². The number of nitrogens with zero attached hydrogens (tertiary/aromatic N) is 2. The van der Waals surface area contributed by atoms with E-state index >= 15 is 0 Å². The molecule has 3 N–H and O–H groups in total. The van der Waals surface area contributed by atoms with E-state index in [1.54, 1.807) is 18.3 Å². The van der Waals surface area contributed by atoms with Crippen LogP contribution in [0.2, 0.25) is 5.02 Å². The average Bonchev–Trinajstić information content (AvgIpc) is 2.95. The van der Waals surface area contributed by atoms with Gasteiger partial charge in [-0.15, -0.1) is 0 Å². The Morgan fingerprint density at radius 2 is 2.18 bits per heavy atom. The minimum atomic E-state index is -0.496. The van der Waals surface area contributed by atoms with Gasteiger partial charge >= 0.3 is 0 Å². The highest BCUT2D eigenvalue weighted by Gasteiger charge is 2.47. The van der Waals surface area contributed by atoms with Gasteiger partial charge in [0.1, 0.15) is 5.82 Å². The fraction of sp³-hybridized carbons (Fsp3) is 0.474. The van der Waals surface area contributed by atoms with Gasteiger partial charge in [0.05, 0.1) is 29.0 Å². The monoisotopic (exact) mass is 424 g/mol. The van der Waals surface area contributed by atoms with Crippen molar-refractivity contribution in [2.45, 2.75) is 41.8 Å². The van der Waals surface area contributed by atoms with Crippen molar-refractivity contribution in [1.29, 1.82) is 0 Å². The van der Waals surface area contributed by atoms with Crippen LogP contribution in [0.5, 0.6) is 0 Å². The summed E-state index contributed by atoms with van der Waals surface area (Å²) in [6.45, 7) is 4.11. The van der Waals surface area contributed by atoms with Gasteiger partial charge in [0, 0.05) is 29.4 Å². The van der Waals surface area contributed by atoms with Crippen LogP contribution in [0.4, 0.5) is 10.2 Å². The lowest BCUT2D eigenvalue weighted by atomic mass is 9.73. The maximum atomic E-state index is 13.6. The van der Waals surface area contributed by atoms with E-state index in [1.807, 2.05) is 11.8 Å². The highest BCUT2D eigenvalue weighted by Crippen LogP contribution is 2.41. The van der Waals surface area contributed by atoms with Gasteiger partial charge in [-0.1, -0.05) is 29.4 Å². The van der Waals surface area contributed by atoms with Crippen LogP contribution in [0.3, 0.4) is 0 Å². The summed E-state index contributed by atoms with van der Waals surface area (Å²) in [4.78, 5) is 22.3. The summed E-state index contributed by atoms with van der Waals surface area (Å²) >= 11 is 7.15. The van der Waals surface area contributed by atoms with Crippen LogP contribution in [-0.4, -0.2) is 41.8 Å². The van der Waals surface area contributed by atoms with Gasteiger partial charge in [-0.05, 0) is 31.9 Å². The summed E-state index contributed by atoms with van der Waals surface area (Å²) in [5.41, 5.74) is 6.07. The maximum absolute atomic E-state index is 13.6. The van der Waals surface area contributed by atoms with Gasteiger partial charge in [0.15, 0.2) is 5.82 Å². The van der Waals surface area contributed by atoms with Gasteiger partial charge in [0.25, 0.3) is 5.56 Å². The number of hydrogen-bond donors (Lipinski definition) is 2. The predicted octanol–water partition coefficient (Wildman–Crippen LogP) is 3.05. The molecule has 2 aliphatic rings. The molecule has 0 bridgehead atoms. The number of nitrogens with two attached hydrogens (primary N) is 1. The molecule has 0 saturated carbocycles. The summed E-state index contributed by atoms with van der Waals surface area (Å²) in [6, 6.07) is 4.59. The molecule has 28 heavy (non-hydrogen) atoms. The zero-order valence-corrected chi connectivity index (χ0v) is 17.0. The molecule has 4 rings (SSSR count). The SMILES string of the molecule is C[C@@H]1OCC2(CCN(c3ncc(Sc4cccc(F)c4Cl)[nH]c3=O)CC2)[C@@H]1N. The number of ether oxygens (including phenoxy) is 1. The number of aromatic amines is 1. The van der Waals surface area contributed by atoms with Crippen LogP contribution in [0, 0.1) is 11.2 Å². The molecule has 6 nitrogen and oxygen atoms in total. The molecule has 0 radical (unpaired) electrons. The van der Waals surface area contributed by atoms with Crippen molar-refractivity contribution in [1.82, 2.24) is 9.97 Å². The van der Waals surface area contributed by atoms with E-state index in [4.69, 9.17) is 22.1 Å². The number of benzene rings is 1. The van der Waals surface area contributed by atoms with Crippen LogP contribution in [0.1, 0.15) is 19.8 Å². The van der Waals surface area contributed by atoms with Crippen molar-refractivity contribution in [3.05, 3.63) is 45.6 Å². The van der Waals surface area contributed by atoms with Gasteiger partial charge in [0.2, 0.25) is 0 Å². The number of aromatic nitrogens is 2. The number of halogens is 2. The first-order valence-corrected chi connectivity index (χ1v) is 10.4. The summed E-state index contributed by atoms with van der Waals surface area (Å²) < 4.78 is 19.3. The Labute approximate surface area is 171 Å². The standard InChI is InChI=1S/C19H22ClFN4O2S/c1-11-16(22)19(10-27-11)5-7-25(8-6-19)17-18(26)24-14(9-23-17)28-13-4-2-3-12(21)15(13)20/h2-4,9,11,16H,5-8,10,22H2,1H3,(H,24,26)/t11-,16+/m0/s1. The van der Waals surface area contributed by atoms with E-state index in [0.29, 0.717) is 35.4 Å². The van der Waals surface area contributed by atoms with Crippen LogP contribution < -0.4 is 16.2 Å². The highest BCUT2D eigenvalue weighted by atomic mass is 35.5. The fourth-order valence-electron chi connectivity index (χ4n) is 3.97. The Hall–Kier alpha value is -1.61. The maximum Gasteiger partial charge on any atom is 0.291 e. The largest absolute Gasteiger partial charge is 0.376 e. The Bertz CT molecular complexity index is 932. The van der Waals surface area contributed by atoms with Gasteiger partial charge in [-0.3, -0.25) is 4.79 Å². The van der Waals surface area contributed by atoms with E-state index in [9.17, 15) is 9.18 Å². The molecule has 150 valence electrons. The molecule has 2 saturated heterocycles. The second kappa shape index (κ2) is 7.67. The molecule has 0 aliphatic carbocycles. The average molecular weight is 425 g/mol. The summed E-state index contributed by atoms with van der Waals surface area (Å²) in [5.74, 6) is -0.102. The van der Waals surface area contributed by atoms with Gasteiger partial charge in [-0.2, -0.15) is 0 Å². The minimum absolute atomic E-state index is 0.00734. The smallest absolute Gasteiger partial charge is 0.291 e. The summed E-state index contributed by atoms with van der Waals surface area (Å²) in [6.07, 6.45) is 3.39. The number of anilines is 1. The number of rotatable bonds is 3. The van der Waals surface area contributed by atoms with Crippen molar-refractivity contribution in [2.75, 3.05) is 24.6 Å². The first kappa shape index (κ1) is 19.7. The molecule has 0 unspecified atom stereocenters. The topological polar surface area (TPSA) is 84.2 Å². The molecule has 2 atom stereocenters. The second-order valence-corrected chi connectivity index (χ2v) is 8.91. The third kappa shape index (κ3) is 3.54. The molecule has 1 aromatic carbocycles. The number of H-pyrrole nitrogens is 1. The summed E-state index contributed by atoms with van der Waals surface area (Å²) in [5, 5.41) is 0.540. The lowest BCUT2D eigenvalue weighted by molar-refractivity contribution is 0.0974. The molecule has 3 heterocycles. The number of nitrogens with one attached hydrogen (secondary N) is 1. The Morgan fingerprint density at radius 3 is 2.82 bits per heavy atom. The van der Waals surface area contributed by atoms with E-state index in [1.165, 1.54) is 17.8 Å². The van der Waals surface area contributed by atoms with E-state index in [2.05, 4.69) is 9.97 Å². The molecule has 1 aromatic heterocycles. The van der Waals surface area contributed by atoms with Crippen LogP contribution in [0.15, 0.2) is 39.1 Å². The first-order chi connectivity index (χ1) is 13.4. The first-order valence-electron chi connectivity index (χ1n) is 9.23. The molecule has 9 heteroatoms. The van der Waals surface area contributed by atoms with Crippen molar-refractivity contribution in [3.63, 3.8) is 0 Å². The molecular weight excluding hydrogens is 403 g/mol. The Balaban J connectivity index is 1.47. The molecule has 2 aliphatic heterocycles. The normalized spacial score (nSPS) is 24.1. The van der Waals surface area contributed by atoms with Crippen molar-refractivity contribution in [2.24, 2.45) is 11.1 Å². The van der Waals surface area contributed by atoms with Crippen molar-refractivity contribution < 1.29 is 9.13 Å². The van der Waals surface area contributed by atoms with Crippen LogP contribution in [-0.2, 0) is 4.74 Å².